The predicted octanol–water partition coefficient (Wildman–Crippen LogP) is 9.76. The van der Waals surface area contributed by atoms with E-state index in [2.05, 4.69) is 91.0 Å². The number of nitrogens with zero attached hydrogens (tertiary/aromatic N) is 2. The second-order valence-corrected chi connectivity index (χ2v) is 10.2. The molecular weight excluding hydrogens is 476 g/mol. The SMILES string of the molecule is c1ccc(-c2nc3ccccc3nc2-c2ccc3c(c2)c2cccc4oc5cc6ccccc6c3c5c42)cc1. The minimum Gasteiger partial charge on any atom is -0.456 e. The van der Waals surface area contributed by atoms with Crippen molar-refractivity contribution < 1.29 is 4.42 Å². The number of furan rings is 1. The molecule has 2 heterocycles. The van der Waals surface area contributed by atoms with Gasteiger partial charge >= 0.3 is 0 Å². The van der Waals surface area contributed by atoms with Gasteiger partial charge in [-0.1, -0.05) is 91.0 Å². The van der Waals surface area contributed by atoms with Gasteiger partial charge in [-0.15, -0.1) is 0 Å². The number of hydrogen-bond acceptors (Lipinski definition) is 3. The summed E-state index contributed by atoms with van der Waals surface area (Å²) in [6.07, 6.45) is 0. The summed E-state index contributed by atoms with van der Waals surface area (Å²) < 4.78 is 6.41. The molecule has 2 aromatic heterocycles. The van der Waals surface area contributed by atoms with Crippen molar-refractivity contribution in [2.45, 2.75) is 0 Å². The third kappa shape index (κ3) is 2.87. The molecule has 0 amide bonds. The van der Waals surface area contributed by atoms with Crippen LogP contribution in [0.4, 0.5) is 0 Å². The predicted molar refractivity (Wildman–Crippen MR) is 161 cm³/mol. The third-order valence-corrected chi connectivity index (χ3v) is 7.98. The second kappa shape index (κ2) is 7.62. The van der Waals surface area contributed by atoms with Crippen molar-refractivity contribution in [3.8, 4) is 22.5 Å². The maximum atomic E-state index is 6.41. The Balaban J connectivity index is 1.44. The van der Waals surface area contributed by atoms with Crippen LogP contribution in [-0.4, -0.2) is 9.97 Å². The summed E-state index contributed by atoms with van der Waals surface area (Å²) in [5.74, 6) is 0. The highest BCUT2D eigenvalue weighted by molar-refractivity contribution is 6.38. The fourth-order valence-corrected chi connectivity index (χ4v) is 6.28. The van der Waals surface area contributed by atoms with Gasteiger partial charge < -0.3 is 4.42 Å². The first-order chi connectivity index (χ1) is 19.3. The van der Waals surface area contributed by atoms with E-state index >= 15 is 0 Å². The lowest BCUT2D eigenvalue weighted by Gasteiger charge is -2.14. The highest BCUT2D eigenvalue weighted by Crippen LogP contribution is 2.46. The summed E-state index contributed by atoms with van der Waals surface area (Å²) in [4.78, 5) is 10.3. The van der Waals surface area contributed by atoms with E-state index < -0.39 is 0 Å². The lowest BCUT2D eigenvalue weighted by Crippen LogP contribution is -1.95. The highest BCUT2D eigenvalue weighted by Gasteiger charge is 2.21. The van der Waals surface area contributed by atoms with E-state index in [0.717, 1.165) is 44.7 Å². The zero-order chi connectivity index (χ0) is 25.5. The summed E-state index contributed by atoms with van der Waals surface area (Å²) >= 11 is 0. The largest absolute Gasteiger partial charge is 0.456 e. The van der Waals surface area contributed by atoms with Gasteiger partial charge in [-0.2, -0.15) is 0 Å². The Morgan fingerprint density at radius 2 is 1.10 bits per heavy atom. The van der Waals surface area contributed by atoms with E-state index in [1.165, 1.54) is 43.1 Å². The number of rotatable bonds is 2. The monoisotopic (exact) mass is 496 g/mol. The number of hydrogen-bond donors (Lipinski definition) is 0. The number of para-hydroxylation sites is 2. The molecule has 7 aromatic carbocycles. The minimum atomic E-state index is 0.885. The van der Waals surface area contributed by atoms with Crippen LogP contribution in [0.15, 0.2) is 126 Å². The van der Waals surface area contributed by atoms with Crippen molar-refractivity contribution in [3.63, 3.8) is 0 Å². The average molecular weight is 497 g/mol. The molecule has 9 aromatic rings. The smallest absolute Gasteiger partial charge is 0.136 e. The zero-order valence-corrected chi connectivity index (χ0v) is 20.8. The number of aromatic nitrogens is 2. The Labute approximate surface area is 223 Å². The lowest BCUT2D eigenvalue weighted by atomic mass is 9.90. The van der Waals surface area contributed by atoms with E-state index in [-0.39, 0.29) is 0 Å². The van der Waals surface area contributed by atoms with Crippen molar-refractivity contribution in [1.82, 2.24) is 9.97 Å². The molecule has 0 spiro atoms. The quantitative estimate of drug-likeness (QED) is 0.224. The molecule has 0 aliphatic heterocycles. The Bertz CT molecular complexity index is 2390. The molecule has 0 aliphatic rings. The summed E-state index contributed by atoms with van der Waals surface area (Å²) in [6.45, 7) is 0. The molecule has 39 heavy (non-hydrogen) atoms. The van der Waals surface area contributed by atoms with Crippen LogP contribution >= 0.6 is 0 Å². The molecule has 0 unspecified atom stereocenters. The van der Waals surface area contributed by atoms with E-state index in [9.17, 15) is 0 Å². The molecule has 0 radical (unpaired) electrons. The molecule has 0 atom stereocenters. The molecule has 3 heteroatoms. The first-order valence-electron chi connectivity index (χ1n) is 13.2. The molecule has 0 saturated carbocycles. The first kappa shape index (κ1) is 20.7. The highest BCUT2D eigenvalue weighted by atomic mass is 16.3. The number of fused-ring (bicyclic) bond motifs is 6. The van der Waals surface area contributed by atoms with Crippen molar-refractivity contribution in [2.75, 3.05) is 0 Å². The van der Waals surface area contributed by atoms with Gasteiger partial charge in [0.25, 0.3) is 0 Å². The summed E-state index contributed by atoms with van der Waals surface area (Å²) in [6, 6.07) is 42.3. The van der Waals surface area contributed by atoms with Gasteiger partial charge in [-0.05, 0) is 57.3 Å². The van der Waals surface area contributed by atoms with Crippen LogP contribution < -0.4 is 0 Å². The zero-order valence-electron chi connectivity index (χ0n) is 20.8. The first-order valence-corrected chi connectivity index (χ1v) is 13.2. The van der Waals surface area contributed by atoms with Crippen LogP contribution in [0.25, 0.3) is 87.8 Å². The van der Waals surface area contributed by atoms with E-state index in [4.69, 9.17) is 14.4 Å². The molecule has 0 aliphatic carbocycles. The normalized spacial score (nSPS) is 12.1. The van der Waals surface area contributed by atoms with E-state index in [1.54, 1.807) is 0 Å². The second-order valence-electron chi connectivity index (χ2n) is 10.2. The van der Waals surface area contributed by atoms with Crippen molar-refractivity contribution in [3.05, 3.63) is 121 Å². The van der Waals surface area contributed by atoms with Crippen LogP contribution in [0.5, 0.6) is 0 Å². The van der Waals surface area contributed by atoms with Crippen molar-refractivity contribution >= 4 is 65.3 Å². The standard InChI is InChI=1S/C36H20N2O/c1-2-9-21(10-3-1)35-36(38-29-15-7-6-14-28(29)37-35)23-17-18-26-27(19-23)25-13-8-16-30-33(25)34-31(39-30)20-22-11-4-5-12-24(22)32(26)34/h1-20H. The minimum absolute atomic E-state index is 0.885. The Hall–Kier alpha value is -5.28. The molecule has 0 N–H and O–H groups in total. The van der Waals surface area contributed by atoms with Gasteiger partial charge in [0.1, 0.15) is 11.2 Å². The summed E-state index contributed by atoms with van der Waals surface area (Å²) in [7, 11) is 0. The Kier molecular flexibility index (Phi) is 4.05. The Morgan fingerprint density at radius 3 is 1.95 bits per heavy atom. The number of benzene rings is 7. The molecule has 180 valence electrons. The third-order valence-electron chi connectivity index (χ3n) is 7.98. The maximum Gasteiger partial charge on any atom is 0.136 e. The molecule has 0 saturated heterocycles. The fraction of sp³-hybridized carbons (Fsp3) is 0. The van der Waals surface area contributed by atoms with Gasteiger partial charge in [0.05, 0.1) is 22.4 Å². The molecule has 0 bridgehead atoms. The van der Waals surface area contributed by atoms with Crippen molar-refractivity contribution in [1.29, 1.82) is 0 Å². The molecule has 3 nitrogen and oxygen atoms in total. The van der Waals surface area contributed by atoms with E-state index in [1.807, 2.05) is 30.3 Å². The van der Waals surface area contributed by atoms with Crippen LogP contribution in [0, 0.1) is 0 Å². The molecule has 9 rings (SSSR count). The topological polar surface area (TPSA) is 38.9 Å². The Morgan fingerprint density at radius 1 is 0.410 bits per heavy atom. The lowest BCUT2D eigenvalue weighted by molar-refractivity contribution is 0.670. The van der Waals surface area contributed by atoms with E-state index in [0.29, 0.717) is 0 Å². The summed E-state index contributed by atoms with van der Waals surface area (Å²) in [5, 5.41) is 9.67. The van der Waals surface area contributed by atoms with Gasteiger partial charge in [-0.25, -0.2) is 9.97 Å². The van der Waals surface area contributed by atoms with Crippen LogP contribution in [-0.2, 0) is 0 Å². The van der Waals surface area contributed by atoms with Gasteiger partial charge in [0.2, 0.25) is 0 Å². The molecular formula is C36H20N2O. The fourth-order valence-electron chi connectivity index (χ4n) is 6.28. The van der Waals surface area contributed by atoms with Crippen molar-refractivity contribution in [2.24, 2.45) is 0 Å². The van der Waals surface area contributed by atoms with Crippen LogP contribution in [0.3, 0.4) is 0 Å². The maximum absolute atomic E-state index is 6.41. The summed E-state index contributed by atoms with van der Waals surface area (Å²) in [5.41, 5.74) is 7.52. The van der Waals surface area contributed by atoms with Crippen LogP contribution in [0.2, 0.25) is 0 Å². The average Bonchev–Trinajstić information content (AvgIpc) is 3.38. The molecule has 0 fully saturated rings. The van der Waals surface area contributed by atoms with Crippen LogP contribution in [0.1, 0.15) is 0 Å². The van der Waals surface area contributed by atoms with Gasteiger partial charge in [0, 0.05) is 27.3 Å². The van der Waals surface area contributed by atoms with Gasteiger partial charge in [-0.3, -0.25) is 0 Å². The van der Waals surface area contributed by atoms with Gasteiger partial charge in [0.15, 0.2) is 0 Å².